The van der Waals surface area contributed by atoms with Crippen molar-refractivity contribution in [3.05, 3.63) is 28.2 Å². The maximum absolute atomic E-state index is 11.6. The summed E-state index contributed by atoms with van der Waals surface area (Å²) in [6.07, 6.45) is 0. The van der Waals surface area contributed by atoms with E-state index in [-0.39, 0.29) is 37.3 Å². The van der Waals surface area contributed by atoms with Gasteiger partial charge >= 0.3 is 0 Å². The maximum atomic E-state index is 11.6. The molecule has 0 heterocycles. The Morgan fingerprint density at radius 2 is 1.89 bits per heavy atom. The number of anilines is 1. The van der Waals surface area contributed by atoms with Crippen LogP contribution in [0.15, 0.2) is 22.7 Å². The molecule has 0 aromatic heterocycles. The summed E-state index contributed by atoms with van der Waals surface area (Å²) in [5, 5.41) is 7.96. The van der Waals surface area contributed by atoms with E-state index in [2.05, 4.69) is 31.9 Å². The number of rotatable bonds is 5. The van der Waals surface area contributed by atoms with Crippen LogP contribution in [0.5, 0.6) is 0 Å². The molecule has 0 radical (unpaired) electrons. The summed E-state index contributed by atoms with van der Waals surface area (Å²) in [7, 11) is 1.67. The first-order valence-electron chi connectivity index (χ1n) is 5.50. The lowest BCUT2D eigenvalue weighted by molar-refractivity contribution is -0.123. The fraction of sp³-hybridized carbons (Fsp3) is 0.333. The molecular weight excluding hydrogens is 334 g/mol. The summed E-state index contributed by atoms with van der Waals surface area (Å²) >= 11 is 3.35. The van der Waals surface area contributed by atoms with E-state index in [0.717, 1.165) is 15.7 Å². The average molecular weight is 351 g/mol. The summed E-state index contributed by atoms with van der Waals surface area (Å²) in [4.78, 5) is 22.8. The molecule has 2 amide bonds. The van der Waals surface area contributed by atoms with Gasteiger partial charge in [-0.3, -0.25) is 9.59 Å². The van der Waals surface area contributed by atoms with Crippen molar-refractivity contribution in [2.75, 3.05) is 25.5 Å². The largest absolute Gasteiger partial charge is 0.346 e. The Bertz CT molecular complexity index is 455. The average Bonchev–Trinajstić information content (AvgIpc) is 2.31. The maximum Gasteiger partial charge on any atom is 0.243 e. The number of aryl methyl sites for hydroxylation is 1. The molecule has 1 rings (SSSR count). The van der Waals surface area contributed by atoms with Gasteiger partial charge < -0.3 is 16.0 Å². The molecule has 0 saturated heterocycles. The number of hydrogen-bond donors (Lipinski definition) is 3. The zero-order valence-corrected chi connectivity index (χ0v) is 13.2. The fourth-order valence-corrected chi connectivity index (χ4v) is 1.84. The summed E-state index contributed by atoms with van der Waals surface area (Å²) in [5.41, 5.74) is 1.70. The Morgan fingerprint density at radius 3 is 2.47 bits per heavy atom. The zero-order valence-electron chi connectivity index (χ0n) is 10.7. The topological polar surface area (TPSA) is 70.2 Å². The molecule has 0 spiro atoms. The van der Waals surface area contributed by atoms with E-state index in [4.69, 9.17) is 0 Å². The minimum absolute atomic E-state index is 0. The lowest BCUT2D eigenvalue weighted by Crippen LogP contribution is -2.37. The highest BCUT2D eigenvalue weighted by atomic mass is 79.9. The normalized spacial score (nSPS) is 9.42. The summed E-state index contributed by atoms with van der Waals surface area (Å²) in [6.45, 7) is 2.07. The molecule has 0 unspecified atom stereocenters. The molecule has 19 heavy (non-hydrogen) atoms. The van der Waals surface area contributed by atoms with E-state index in [1.54, 1.807) is 7.05 Å². The summed E-state index contributed by atoms with van der Waals surface area (Å²) in [6, 6.07) is 5.57. The van der Waals surface area contributed by atoms with Gasteiger partial charge in [-0.25, -0.2) is 0 Å². The molecule has 5 nitrogen and oxygen atoms in total. The first kappa shape index (κ1) is 17.9. The van der Waals surface area contributed by atoms with Gasteiger partial charge in [0.1, 0.15) is 0 Å². The molecule has 0 aliphatic rings. The summed E-state index contributed by atoms with van der Waals surface area (Å²) in [5.74, 6) is -0.454. The number of hydrogen-bond acceptors (Lipinski definition) is 3. The highest BCUT2D eigenvalue weighted by Gasteiger charge is 2.06. The smallest absolute Gasteiger partial charge is 0.243 e. The molecule has 1 aromatic carbocycles. The van der Waals surface area contributed by atoms with E-state index in [1.165, 1.54) is 0 Å². The van der Waals surface area contributed by atoms with Gasteiger partial charge in [-0.15, -0.1) is 12.4 Å². The van der Waals surface area contributed by atoms with E-state index >= 15 is 0 Å². The van der Waals surface area contributed by atoms with Gasteiger partial charge in [-0.05, 0) is 37.7 Å². The van der Waals surface area contributed by atoms with Crippen LogP contribution in [0, 0.1) is 6.92 Å². The number of benzene rings is 1. The lowest BCUT2D eigenvalue weighted by Gasteiger charge is -2.09. The second-order valence-electron chi connectivity index (χ2n) is 3.81. The van der Waals surface area contributed by atoms with Crippen molar-refractivity contribution in [1.82, 2.24) is 10.6 Å². The van der Waals surface area contributed by atoms with Crippen LogP contribution in [0.25, 0.3) is 0 Å². The Morgan fingerprint density at radius 1 is 1.21 bits per heavy atom. The SMILES string of the molecule is CNCC(=O)NCC(=O)Nc1ccc(Br)cc1C.Cl. The number of amides is 2. The quantitative estimate of drug-likeness (QED) is 0.753. The summed E-state index contributed by atoms with van der Waals surface area (Å²) < 4.78 is 0.959. The molecule has 106 valence electrons. The van der Waals surface area contributed by atoms with Crippen molar-refractivity contribution in [2.45, 2.75) is 6.92 Å². The first-order valence-corrected chi connectivity index (χ1v) is 6.29. The standard InChI is InChI=1S/C12H16BrN3O2.ClH/c1-8-5-9(13)3-4-10(8)16-12(18)7-15-11(17)6-14-2;/h3-5,14H,6-7H2,1-2H3,(H,15,17)(H,16,18);1H. The van der Waals surface area contributed by atoms with Crippen LogP contribution in [0.3, 0.4) is 0 Å². The first-order chi connectivity index (χ1) is 8.52. The van der Waals surface area contributed by atoms with Crippen molar-refractivity contribution in [1.29, 1.82) is 0 Å². The fourth-order valence-electron chi connectivity index (χ4n) is 1.36. The second kappa shape index (κ2) is 8.90. The predicted octanol–water partition coefficient (Wildman–Crippen LogP) is 1.45. The van der Waals surface area contributed by atoms with Crippen LogP contribution < -0.4 is 16.0 Å². The second-order valence-corrected chi connectivity index (χ2v) is 4.73. The minimum Gasteiger partial charge on any atom is -0.346 e. The van der Waals surface area contributed by atoms with Crippen LogP contribution >= 0.6 is 28.3 Å². The monoisotopic (exact) mass is 349 g/mol. The molecule has 0 saturated carbocycles. The van der Waals surface area contributed by atoms with Crippen molar-refractivity contribution >= 4 is 45.8 Å². The minimum atomic E-state index is -0.245. The van der Waals surface area contributed by atoms with E-state index < -0.39 is 0 Å². The highest BCUT2D eigenvalue weighted by molar-refractivity contribution is 9.10. The van der Waals surface area contributed by atoms with Crippen LogP contribution in [-0.2, 0) is 9.59 Å². The van der Waals surface area contributed by atoms with Crippen molar-refractivity contribution in [3.8, 4) is 0 Å². The number of halogens is 2. The van der Waals surface area contributed by atoms with Crippen LogP contribution in [-0.4, -0.2) is 32.0 Å². The Balaban J connectivity index is 0.00000324. The Hall–Kier alpha value is -1.11. The number of nitrogens with one attached hydrogen (secondary N) is 3. The number of likely N-dealkylation sites (N-methyl/N-ethyl adjacent to an activating group) is 1. The van der Waals surface area contributed by atoms with Crippen LogP contribution in [0.2, 0.25) is 0 Å². The third kappa shape index (κ3) is 6.56. The number of carbonyl (C=O) groups is 2. The molecule has 3 N–H and O–H groups in total. The van der Waals surface area contributed by atoms with Gasteiger partial charge in [0.25, 0.3) is 0 Å². The van der Waals surface area contributed by atoms with Crippen LogP contribution in [0.4, 0.5) is 5.69 Å². The third-order valence-corrected chi connectivity index (χ3v) is 2.74. The van der Waals surface area contributed by atoms with Gasteiger partial charge in [0.2, 0.25) is 11.8 Å². The Labute approximate surface area is 127 Å². The number of carbonyl (C=O) groups excluding carboxylic acids is 2. The molecule has 1 aromatic rings. The third-order valence-electron chi connectivity index (χ3n) is 2.25. The van der Waals surface area contributed by atoms with Crippen LogP contribution in [0.1, 0.15) is 5.56 Å². The molecule has 0 atom stereocenters. The Kier molecular flexibility index (Phi) is 8.38. The van der Waals surface area contributed by atoms with Gasteiger partial charge in [0.05, 0.1) is 13.1 Å². The van der Waals surface area contributed by atoms with E-state index in [1.807, 2.05) is 25.1 Å². The molecule has 0 fully saturated rings. The molecular formula is C12H17BrClN3O2. The molecule has 0 aliphatic heterocycles. The predicted molar refractivity (Wildman–Crippen MR) is 81.7 cm³/mol. The van der Waals surface area contributed by atoms with E-state index in [0.29, 0.717) is 0 Å². The van der Waals surface area contributed by atoms with Gasteiger partial charge in [0, 0.05) is 10.2 Å². The van der Waals surface area contributed by atoms with E-state index in [9.17, 15) is 9.59 Å². The molecule has 7 heteroatoms. The van der Waals surface area contributed by atoms with Crippen molar-refractivity contribution in [2.24, 2.45) is 0 Å². The molecule has 0 aliphatic carbocycles. The molecule has 0 bridgehead atoms. The van der Waals surface area contributed by atoms with Crippen molar-refractivity contribution < 1.29 is 9.59 Å². The van der Waals surface area contributed by atoms with Crippen molar-refractivity contribution in [3.63, 3.8) is 0 Å². The van der Waals surface area contributed by atoms with Gasteiger partial charge in [0.15, 0.2) is 0 Å². The highest BCUT2D eigenvalue weighted by Crippen LogP contribution is 2.19. The zero-order chi connectivity index (χ0) is 13.5. The van der Waals surface area contributed by atoms with Gasteiger partial charge in [-0.1, -0.05) is 15.9 Å². The van der Waals surface area contributed by atoms with Gasteiger partial charge in [-0.2, -0.15) is 0 Å². The lowest BCUT2D eigenvalue weighted by atomic mass is 10.2.